The lowest BCUT2D eigenvalue weighted by Gasteiger charge is -2.50. The summed E-state index contributed by atoms with van der Waals surface area (Å²) < 4.78 is 0. The van der Waals surface area contributed by atoms with Gasteiger partial charge in [0.05, 0.1) is 0 Å². The Labute approximate surface area is 112 Å². The molecule has 0 spiro atoms. The van der Waals surface area contributed by atoms with Crippen molar-refractivity contribution in [3.8, 4) is 0 Å². The standard InChI is InChI=1S/C15H29N3/c1-11-6-12(11)9-17(2)15(10-16)7-13-4-5-14(8-15)18(13)3/h11-14H,4-10,16H2,1-3H3. The van der Waals surface area contributed by atoms with E-state index in [0.717, 1.165) is 30.5 Å². The number of hydrogen-bond acceptors (Lipinski definition) is 3. The number of nitrogens with zero attached hydrogens (tertiary/aromatic N) is 2. The second-order valence-corrected chi connectivity index (χ2v) is 7.24. The number of likely N-dealkylation sites (N-methyl/N-ethyl adjacent to an activating group) is 1. The van der Waals surface area contributed by atoms with Crippen molar-refractivity contribution in [3.05, 3.63) is 0 Å². The van der Waals surface area contributed by atoms with Crippen LogP contribution >= 0.6 is 0 Å². The van der Waals surface area contributed by atoms with Crippen LogP contribution in [0.5, 0.6) is 0 Å². The minimum Gasteiger partial charge on any atom is -0.329 e. The molecule has 4 atom stereocenters. The summed E-state index contributed by atoms with van der Waals surface area (Å²) in [5.41, 5.74) is 6.50. The highest BCUT2D eigenvalue weighted by molar-refractivity contribution is 5.06. The number of fused-ring (bicyclic) bond motifs is 2. The van der Waals surface area contributed by atoms with Crippen LogP contribution in [0, 0.1) is 11.8 Å². The van der Waals surface area contributed by atoms with Crippen LogP contribution in [0.4, 0.5) is 0 Å². The maximum atomic E-state index is 6.21. The van der Waals surface area contributed by atoms with Gasteiger partial charge in [-0.1, -0.05) is 6.92 Å². The maximum Gasteiger partial charge on any atom is 0.0358 e. The SMILES string of the molecule is CC1CC1CN(C)C1(CN)CC2CCC(C1)N2C. The van der Waals surface area contributed by atoms with Gasteiger partial charge in [-0.2, -0.15) is 0 Å². The summed E-state index contributed by atoms with van der Waals surface area (Å²) in [5, 5.41) is 0. The van der Waals surface area contributed by atoms with Crippen LogP contribution in [-0.2, 0) is 0 Å². The zero-order valence-electron chi connectivity index (χ0n) is 12.2. The smallest absolute Gasteiger partial charge is 0.0358 e. The Balaban J connectivity index is 1.70. The number of nitrogens with two attached hydrogens (primary N) is 1. The molecule has 2 N–H and O–H groups in total. The van der Waals surface area contributed by atoms with Crippen molar-refractivity contribution in [3.63, 3.8) is 0 Å². The van der Waals surface area contributed by atoms with Crippen molar-refractivity contribution < 1.29 is 0 Å². The first-order valence-corrected chi connectivity index (χ1v) is 7.69. The highest BCUT2D eigenvalue weighted by Gasteiger charge is 2.49. The molecule has 0 aromatic carbocycles. The molecule has 3 aliphatic rings. The summed E-state index contributed by atoms with van der Waals surface area (Å²) in [5.74, 6) is 1.89. The molecular formula is C15H29N3. The average molecular weight is 251 g/mol. The van der Waals surface area contributed by atoms with Crippen LogP contribution in [0.15, 0.2) is 0 Å². The topological polar surface area (TPSA) is 32.5 Å². The van der Waals surface area contributed by atoms with Crippen LogP contribution in [0.2, 0.25) is 0 Å². The fourth-order valence-electron chi connectivity index (χ4n) is 4.38. The fraction of sp³-hybridized carbons (Fsp3) is 1.00. The van der Waals surface area contributed by atoms with E-state index in [2.05, 4.69) is 30.8 Å². The van der Waals surface area contributed by atoms with Gasteiger partial charge in [0.25, 0.3) is 0 Å². The van der Waals surface area contributed by atoms with Crippen molar-refractivity contribution in [1.82, 2.24) is 9.80 Å². The van der Waals surface area contributed by atoms with Crippen LogP contribution < -0.4 is 5.73 Å². The predicted molar refractivity (Wildman–Crippen MR) is 75.5 cm³/mol. The number of hydrogen-bond donors (Lipinski definition) is 1. The van der Waals surface area contributed by atoms with Crippen LogP contribution in [0.3, 0.4) is 0 Å². The minimum absolute atomic E-state index is 0.292. The zero-order valence-corrected chi connectivity index (χ0v) is 12.2. The van der Waals surface area contributed by atoms with Gasteiger partial charge in [-0.05, 0) is 58.0 Å². The van der Waals surface area contributed by atoms with Gasteiger partial charge in [0.1, 0.15) is 0 Å². The van der Waals surface area contributed by atoms with Crippen LogP contribution in [0.25, 0.3) is 0 Å². The first kappa shape index (κ1) is 12.9. The highest BCUT2D eigenvalue weighted by Crippen LogP contribution is 2.44. The van der Waals surface area contributed by atoms with Gasteiger partial charge in [0.15, 0.2) is 0 Å². The van der Waals surface area contributed by atoms with Crippen LogP contribution in [0.1, 0.15) is 39.0 Å². The van der Waals surface area contributed by atoms with E-state index in [1.807, 2.05) is 0 Å². The lowest BCUT2D eigenvalue weighted by molar-refractivity contribution is 0.0133. The van der Waals surface area contributed by atoms with E-state index >= 15 is 0 Å². The summed E-state index contributed by atoms with van der Waals surface area (Å²) in [6, 6.07) is 1.57. The zero-order chi connectivity index (χ0) is 12.9. The molecule has 1 saturated carbocycles. The molecule has 3 fully saturated rings. The molecule has 2 aliphatic heterocycles. The van der Waals surface area contributed by atoms with E-state index in [1.54, 1.807) is 0 Å². The maximum absolute atomic E-state index is 6.21. The summed E-state index contributed by atoms with van der Waals surface area (Å²) in [4.78, 5) is 5.24. The molecule has 3 nitrogen and oxygen atoms in total. The molecule has 104 valence electrons. The third-order valence-corrected chi connectivity index (χ3v) is 6.19. The molecule has 0 amide bonds. The van der Waals surface area contributed by atoms with Crippen molar-refractivity contribution in [2.45, 2.75) is 56.7 Å². The summed E-state index contributed by atoms with van der Waals surface area (Å²) >= 11 is 0. The molecule has 0 aromatic rings. The highest BCUT2D eigenvalue weighted by atomic mass is 15.3. The molecule has 2 bridgehead atoms. The first-order valence-electron chi connectivity index (χ1n) is 7.69. The summed E-state index contributed by atoms with van der Waals surface area (Å²) in [6.07, 6.45) is 6.77. The Morgan fingerprint density at radius 2 is 1.83 bits per heavy atom. The summed E-state index contributed by atoms with van der Waals surface area (Å²) in [6.45, 7) is 4.49. The molecule has 18 heavy (non-hydrogen) atoms. The van der Waals surface area contributed by atoms with E-state index in [0.29, 0.717) is 5.54 Å². The van der Waals surface area contributed by atoms with Gasteiger partial charge in [-0.25, -0.2) is 0 Å². The molecule has 3 rings (SSSR count). The predicted octanol–water partition coefficient (Wildman–Crippen LogP) is 1.53. The van der Waals surface area contributed by atoms with Crippen molar-refractivity contribution in [2.24, 2.45) is 17.6 Å². The van der Waals surface area contributed by atoms with E-state index in [4.69, 9.17) is 5.73 Å². The molecule has 1 aliphatic carbocycles. The molecule has 2 saturated heterocycles. The van der Waals surface area contributed by atoms with Gasteiger partial charge in [0, 0.05) is 30.7 Å². The van der Waals surface area contributed by atoms with Gasteiger partial charge in [0.2, 0.25) is 0 Å². The summed E-state index contributed by atoms with van der Waals surface area (Å²) in [7, 11) is 4.63. The molecule has 2 heterocycles. The molecular weight excluding hydrogens is 222 g/mol. The average Bonchev–Trinajstić information content (AvgIpc) is 3.01. The van der Waals surface area contributed by atoms with Crippen molar-refractivity contribution in [2.75, 3.05) is 27.2 Å². The first-order chi connectivity index (χ1) is 8.55. The quantitative estimate of drug-likeness (QED) is 0.822. The van der Waals surface area contributed by atoms with Crippen LogP contribution in [-0.4, -0.2) is 54.6 Å². The largest absolute Gasteiger partial charge is 0.329 e. The second-order valence-electron chi connectivity index (χ2n) is 7.24. The lowest BCUT2D eigenvalue weighted by atomic mass is 9.81. The minimum atomic E-state index is 0.292. The normalized spacial score (nSPS) is 47.8. The van der Waals surface area contributed by atoms with Crippen molar-refractivity contribution >= 4 is 0 Å². The molecule has 4 unspecified atom stereocenters. The Kier molecular flexibility index (Phi) is 3.20. The second kappa shape index (κ2) is 4.46. The Morgan fingerprint density at radius 3 is 2.28 bits per heavy atom. The lowest BCUT2D eigenvalue weighted by Crippen LogP contribution is -2.61. The van der Waals surface area contributed by atoms with Crippen molar-refractivity contribution in [1.29, 1.82) is 0 Å². The van der Waals surface area contributed by atoms with Gasteiger partial charge < -0.3 is 10.6 Å². The van der Waals surface area contributed by atoms with E-state index in [-0.39, 0.29) is 0 Å². The van der Waals surface area contributed by atoms with Gasteiger partial charge >= 0.3 is 0 Å². The Hall–Kier alpha value is -0.120. The molecule has 0 aromatic heterocycles. The van der Waals surface area contributed by atoms with E-state index in [9.17, 15) is 0 Å². The van der Waals surface area contributed by atoms with Gasteiger partial charge in [-0.15, -0.1) is 0 Å². The molecule has 0 radical (unpaired) electrons. The Morgan fingerprint density at radius 1 is 1.28 bits per heavy atom. The fourth-order valence-corrected chi connectivity index (χ4v) is 4.38. The number of piperidine rings is 1. The third kappa shape index (κ3) is 2.00. The Bertz CT molecular complexity index is 303. The third-order valence-electron chi connectivity index (χ3n) is 6.19. The number of rotatable bonds is 4. The monoisotopic (exact) mass is 251 g/mol. The van der Waals surface area contributed by atoms with Gasteiger partial charge in [-0.3, -0.25) is 4.90 Å². The molecule has 3 heteroatoms. The van der Waals surface area contributed by atoms with E-state index in [1.165, 1.54) is 38.6 Å². The van der Waals surface area contributed by atoms with E-state index < -0.39 is 0 Å².